The van der Waals surface area contributed by atoms with Gasteiger partial charge in [0.1, 0.15) is 12.1 Å². The molecule has 2 N–H and O–H groups in total. The van der Waals surface area contributed by atoms with Gasteiger partial charge in [0.05, 0.1) is 0 Å². The molecule has 0 aromatic heterocycles. The van der Waals surface area contributed by atoms with Crippen molar-refractivity contribution in [3.63, 3.8) is 0 Å². The molecule has 1 saturated heterocycles. The number of rotatable bonds is 7. The fraction of sp³-hybridized carbons (Fsp3) is 0.471. The summed E-state index contributed by atoms with van der Waals surface area (Å²) in [4.78, 5) is 37.5. The van der Waals surface area contributed by atoms with Crippen LogP contribution in [0.25, 0.3) is 0 Å². The Morgan fingerprint density at radius 3 is 2.48 bits per heavy atom. The van der Waals surface area contributed by atoms with E-state index in [0.29, 0.717) is 35.9 Å². The minimum atomic E-state index is -0.895. The van der Waals surface area contributed by atoms with Gasteiger partial charge in [-0.05, 0) is 37.0 Å². The van der Waals surface area contributed by atoms with Crippen LogP contribution in [0.2, 0.25) is 10.0 Å². The maximum Gasteiger partial charge on any atom is 0.325 e. The van der Waals surface area contributed by atoms with Crippen molar-refractivity contribution in [3.05, 3.63) is 33.8 Å². The molecule has 1 aliphatic rings. The van der Waals surface area contributed by atoms with Gasteiger partial charge in [-0.1, -0.05) is 43.1 Å². The Bertz CT molecular complexity index is 690. The van der Waals surface area contributed by atoms with Gasteiger partial charge < -0.3 is 10.6 Å². The van der Waals surface area contributed by atoms with Gasteiger partial charge in [0, 0.05) is 16.6 Å². The van der Waals surface area contributed by atoms with Crippen LogP contribution in [0.5, 0.6) is 0 Å². The van der Waals surface area contributed by atoms with E-state index in [1.165, 1.54) is 0 Å². The lowest BCUT2D eigenvalue weighted by atomic mass is 9.93. The van der Waals surface area contributed by atoms with Crippen LogP contribution < -0.4 is 10.6 Å². The Hall–Kier alpha value is -1.79. The number of hydrogen-bond donors (Lipinski definition) is 2. The van der Waals surface area contributed by atoms with Gasteiger partial charge in [-0.25, -0.2) is 4.79 Å². The zero-order valence-electron chi connectivity index (χ0n) is 14.2. The Kier molecular flexibility index (Phi) is 6.30. The smallest absolute Gasteiger partial charge is 0.325 e. The van der Waals surface area contributed by atoms with Crippen LogP contribution in [0.15, 0.2) is 18.2 Å². The van der Waals surface area contributed by atoms with Gasteiger partial charge >= 0.3 is 6.03 Å². The maximum absolute atomic E-state index is 12.4. The molecule has 6 nitrogen and oxygen atoms in total. The van der Waals surface area contributed by atoms with Crippen molar-refractivity contribution in [3.8, 4) is 0 Å². The molecular weight excluding hydrogens is 365 g/mol. The second kappa shape index (κ2) is 8.06. The summed E-state index contributed by atoms with van der Waals surface area (Å²) in [6, 6.07) is 4.64. The van der Waals surface area contributed by atoms with E-state index in [4.69, 9.17) is 23.2 Å². The van der Waals surface area contributed by atoms with Crippen molar-refractivity contribution in [2.75, 3.05) is 13.1 Å². The quantitative estimate of drug-likeness (QED) is 0.708. The molecule has 0 spiro atoms. The summed E-state index contributed by atoms with van der Waals surface area (Å²) in [5.41, 5.74) is -0.0360. The molecule has 25 heavy (non-hydrogen) atoms. The number of hydrogen-bond acceptors (Lipinski definition) is 3. The van der Waals surface area contributed by atoms with Crippen LogP contribution in [-0.4, -0.2) is 41.4 Å². The molecule has 0 bridgehead atoms. The number of urea groups is 1. The highest BCUT2D eigenvalue weighted by Crippen LogP contribution is 2.24. The zero-order chi connectivity index (χ0) is 18.6. The minimum absolute atomic E-state index is 0.291. The summed E-state index contributed by atoms with van der Waals surface area (Å²) in [7, 11) is 0. The summed E-state index contributed by atoms with van der Waals surface area (Å²) in [5, 5.41) is 6.48. The van der Waals surface area contributed by atoms with Gasteiger partial charge in [0.15, 0.2) is 0 Å². The van der Waals surface area contributed by atoms with Crippen molar-refractivity contribution in [1.29, 1.82) is 0 Å². The second-order valence-corrected chi connectivity index (χ2v) is 6.79. The third kappa shape index (κ3) is 4.25. The molecule has 8 heteroatoms. The first-order chi connectivity index (χ1) is 11.8. The molecule has 1 aromatic rings. The molecule has 1 aromatic carbocycles. The first-order valence-corrected chi connectivity index (χ1v) is 8.93. The number of halogens is 2. The summed E-state index contributed by atoms with van der Waals surface area (Å²) in [5.74, 6) is -0.741. The second-order valence-electron chi connectivity index (χ2n) is 5.95. The van der Waals surface area contributed by atoms with Gasteiger partial charge in [-0.15, -0.1) is 0 Å². The average molecular weight is 386 g/mol. The molecule has 4 amide bonds. The van der Waals surface area contributed by atoms with E-state index in [1.807, 2.05) is 13.8 Å². The number of benzene rings is 1. The predicted octanol–water partition coefficient (Wildman–Crippen LogP) is 2.76. The number of nitrogens with one attached hydrogen (secondary N) is 2. The third-order valence-electron chi connectivity index (χ3n) is 4.49. The standard InChI is InChI=1S/C17H21Cl2N3O3/c1-3-17(4-2)15(24)22(16(25)21-17)10-14(23)20-8-7-11-5-6-12(18)9-13(11)19/h5-6,9H,3-4,7-8,10H2,1-2H3,(H,20,23)(H,21,25). The fourth-order valence-corrected chi connectivity index (χ4v) is 3.31. The van der Waals surface area contributed by atoms with Gasteiger partial charge in [-0.2, -0.15) is 0 Å². The highest BCUT2D eigenvalue weighted by Gasteiger charge is 2.49. The van der Waals surface area contributed by atoms with Gasteiger partial charge in [0.25, 0.3) is 5.91 Å². The van der Waals surface area contributed by atoms with Crippen LogP contribution in [0.4, 0.5) is 4.79 Å². The van der Waals surface area contributed by atoms with Crippen LogP contribution in [-0.2, 0) is 16.0 Å². The Morgan fingerprint density at radius 2 is 1.92 bits per heavy atom. The van der Waals surface area contributed by atoms with Crippen LogP contribution >= 0.6 is 23.2 Å². The number of imide groups is 1. The molecule has 0 radical (unpaired) electrons. The van der Waals surface area contributed by atoms with Crippen molar-refractivity contribution in [2.45, 2.75) is 38.6 Å². The van der Waals surface area contributed by atoms with E-state index >= 15 is 0 Å². The first kappa shape index (κ1) is 19.5. The number of carbonyl (C=O) groups excluding carboxylic acids is 3. The van der Waals surface area contributed by atoms with Crippen molar-refractivity contribution < 1.29 is 14.4 Å². The Morgan fingerprint density at radius 1 is 1.24 bits per heavy atom. The molecule has 0 saturated carbocycles. The van der Waals surface area contributed by atoms with Crippen LogP contribution in [0, 0.1) is 0 Å². The monoisotopic (exact) mass is 385 g/mol. The van der Waals surface area contributed by atoms with Crippen molar-refractivity contribution in [2.24, 2.45) is 0 Å². The molecule has 0 atom stereocenters. The first-order valence-electron chi connectivity index (χ1n) is 8.17. The maximum atomic E-state index is 12.4. The third-order valence-corrected chi connectivity index (χ3v) is 5.07. The molecule has 136 valence electrons. The molecule has 1 heterocycles. The van der Waals surface area contributed by atoms with Gasteiger partial charge in [0.2, 0.25) is 5.91 Å². The van der Waals surface area contributed by atoms with E-state index in [9.17, 15) is 14.4 Å². The summed E-state index contributed by atoms with van der Waals surface area (Å²) in [6.07, 6.45) is 1.50. The van der Waals surface area contributed by atoms with Gasteiger partial charge in [-0.3, -0.25) is 14.5 Å². The van der Waals surface area contributed by atoms with Crippen LogP contribution in [0.3, 0.4) is 0 Å². The van der Waals surface area contributed by atoms with E-state index in [0.717, 1.165) is 10.5 Å². The van der Waals surface area contributed by atoms with Crippen molar-refractivity contribution in [1.82, 2.24) is 15.5 Å². The average Bonchev–Trinajstić information content (AvgIpc) is 2.81. The largest absolute Gasteiger partial charge is 0.354 e. The number of nitrogens with zero attached hydrogens (tertiary/aromatic N) is 1. The van der Waals surface area contributed by atoms with Crippen LogP contribution in [0.1, 0.15) is 32.3 Å². The lowest BCUT2D eigenvalue weighted by molar-refractivity contribution is -0.135. The van der Waals surface area contributed by atoms with Crippen molar-refractivity contribution >= 4 is 41.0 Å². The fourth-order valence-electron chi connectivity index (χ4n) is 2.81. The van der Waals surface area contributed by atoms with E-state index in [1.54, 1.807) is 18.2 Å². The molecule has 1 aliphatic heterocycles. The number of amides is 4. The predicted molar refractivity (Wildman–Crippen MR) is 96.7 cm³/mol. The topological polar surface area (TPSA) is 78.5 Å². The summed E-state index contributed by atoms with van der Waals surface area (Å²) >= 11 is 11.9. The summed E-state index contributed by atoms with van der Waals surface area (Å²) in [6.45, 7) is 3.72. The van der Waals surface area contributed by atoms with E-state index in [2.05, 4.69) is 10.6 Å². The molecule has 2 rings (SSSR count). The summed E-state index contributed by atoms with van der Waals surface area (Å²) < 4.78 is 0. The Labute approximate surface area is 156 Å². The Balaban J connectivity index is 1.88. The molecule has 0 unspecified atom stereocenters. The number of carbonyl (C=O) groups is 3. The lowest BCUT2D eigenvalue weighted by Gasteiger charge is -2.23. The molecular formula is C17H21Cl2N3O3. The SMILES string of the molecule is CCC1(CC)NC(=O)N(CC(=O)NCCc2ccc(Cl)cc2Cl)C1=O. The highest BCUT2D eigenvalue weighted by molar-refractivity contribution is 6.35. The minimum Gasteiger partial charge on any atom is -0.354 e. The normalized spacial score (nSPS) is 16.1. The molecule has 0 aliphatic carbocycles. The van der Waals surface area contributed by atoms with E-state index < -0.39 is 17.5 Å². The van der Waals surface area contributed by atoms with E-state index in [-0.39, 0.29) is 12.5 Å². The zero-order valence-corrected chi connectivity index (χ0v) is 15.7. The lowest BCUT2D eigenvalue weighted by Crippen LogP contribution is -2.46. The molecule has 1 fully saturated rings. The highest BCUT2D eigenvalue weighted by atomic mass is 35.5.